The Balaban J connectivity index is 1.92. The van der Waals surface area contributed by atoms with Crippen molar-refractivity contribution >= 4 is 5.91 Å². The summed E-state index contributed by atoms with van der Waals surface area (Å²) in [6, 6.07) is 11.7. The van der Waals surface area contributed by atoms with Crippen molar-refractivity contribution in [2.24, 2.45) is 0 Å². The maximum absolute atomic E-state index is 11.9. The third-order valence-electron chi connectivity index (χ3n) is 2.82. The number of amides is 1. The molecule has 1 amide bonds. The molecule has 1 aromatic heterocycles. The molecular formula is C14H16N2O. The van der Waals surface area contributed by atoms with Crippen LogP contribution in [0.15, 0.2) is 48.8 Å². The Labute approximate surface area is 101 Å². The summed E-state index contributed by atoms with van der Waals surface area (Å²) >= 11 is 0. The van der Waals surface area contributed by atoms with Crippen molar-refractivity contribution < 1.29 is 4.79 Å². The summed E-state index contributed by atoms with van der Waals surface area (Å²) in [5.41, 5.74) is 2.12. The van der Waals surface area contributed by atoms with Gasteiger partial charge in [-0.15, -0.1) is 0 Å². The highest BCUT2D eigenvalue weighted by Gasteiger charge is 2.13. The first-order valence-electron chi connectivity index (χ1n) is 5.71. The van der Waals surface area contributed by atoms with E-state index in [2.05, 4.69) is 10.3 Å². The van der Waals surface area contributed by atoms with E-state index < -0.39 is 0 Å². The largest absolute Gasteiger partial charge is 0.367 e. The molecule has 0 saturated carbocycles. The zero-order chi connectivity index (χ0) is 12.1. The minimum Gasteiger partial charge on any atom is -0.367 e. The van der Waals surface area contributed by atoms with Crippen LogP contribution in [0.2, 0.25) is 0 Å². The van der Waals surface area contributed by atoms with E-state index >= 15 is 0 Å². The number of carbonyl (C=O) groups is 1. The summed E-state index contributed by atoms with van der Waals surface area (Å²) in [6.07, 6.45) is 3.73. The highest BCUT2D eigenvalue weighted by atomic mass is 16.1. The van der Waals surface area contributed by atoms with Gasteiger partial charge in [-0.25, -0.2) is 0 Å². The number of H-pyrrole nitrogens is 1. The molecule has 0 bridgehead atoms. The van der Waals surface area contributed by atoms with Crippen molar-refractivity contribution in [2.75, 3.05) is 0 Å². The van der Waals surface area contributed by atoms with E-state index in [4.69, 9.17) is 0 Å². The number of nitrogens with one attached hydrogen (secondary N) is 2. The summed E-state index contributed by atoms with van der Waals surface area (Å²) in [6.45, 7) is 2.49. The molecule has 1 heterocycles. The molecule has 0 radical (unpaired) electrons. The highest BCUT2D eigenvalue weighted by Crippen LogP contribution is 2.14. The molecule has 17 heavy (non-hydrogen) atoms. The van der Waals surface area contributed by atoms with Crippen molar-refractivity contribution in [3.63, 3.8) is 0 Å². The number of rotatable bonds is 4. The Morgan fingerprint density at radius 3 is 2.71 bits per heavy atom. The molecule has 2 N–H and O–H groups in total. The van der Waals surface area contributed by atoms with Crippen LogP contribution in [0.1, 0.15) is 24.0 Å². The SMILES string of the molecule is CC(C(=O)NCc1cc[nH]c1)c1ccccc1. The molecule has 2 aromatic rings. The Hall–Kier alpha value is -2.03. The van der Waals surface area contributed by atoms with E-state index in [0.717, 1.165) is 11.1 Å². The maximum Gasteiger partial charge on any atom is 0.227 e. The minimum absolute atomic E-state index is 0.0531. The Bertz CT molecular complexity index is 462. The average molecular weight is 228 g/mol. The van der Waals surface area contributed by atoms with Crippen molar-refractivity contribution in [2.45, 2.75) is 19.4 Å². The van der Waals surface area contributed by atoms with Crippen LogP contribution in [0.3, 0.4) is 0 Å². The van der Waals surface area contributed by atoms with Gasteiger partial charge in [0, 0.05) is 18.9 Å². The summed E-state index contributed by atoms with van der Waals surface area (Å²) in [5, 5.41) is 2.92. The minimum atomic E-state index is -0.116. The van der Waals surface area contributed by atoms with Crippen LogP contribution in [0.25, 0.3) is 0 Å². The number of aromatic nitrogens is 1. The van der Waals surface area contributed by atoms with Gasteiger partial charge < -0.3 is 10.3 Å². The molecule has 0 aliphatic carbocycles. The lowest BCUT2D eigenvalue weighted by molar-refractivity contribution is -0.122. The maximum atomic E-state index is 11.9. The normalized spacial score (nSPS) is 12.1. The fourth-order valence-corrected chi connectivity index (χ4v) is 1.70. The molecule has 3 heteroatoms. The molecule has 0 aliphatic heterocycles. The zero-order valence-electron chi connectivity index (χ0n) is 9.81. The molecule has 0 aliphatic rings. The second kappa shape index (κ2) is 5.34. The third kappa shape index (κ3) is 2.97. The molecule has 0 saturated heterocycles. The molecule has 1 unspecified atom stereocenters. The second-order valence-electron chi connectivity index (χ2n) is 4.07. The fourth-order valence-electron chi connectivity index (χ4n) is 1.70. The van der Waals surface area contributed by atoms with Crippen LogP contribution < -0.4 is 5.32 Å². The lowest BCUT2D eigenvalue weighted by atomic mass is 10.0. The molecule has 3 nitrogen and oxygen atoms in total. The lowest BCUT2D eigenvalue weighted by Crippen LogP contribution is -2.27. The van der Waals surface area contributed by atoms with Crippen LogP contribution in [-0.2, 0) is 11.3 Å². The molecular weight excluding hydrogens is 212 g/mol. The standard InChI is InChI=1S/C14H16N2O/c1-11(13-5-3-2-4-6-13)14(17)16-10-12-7-8-15-9-12/h2-9,11,15H,10H2,1H3,(H,16,17). The zero-order valence-corrected chi connectivity index (χ0v) is 9.81. The average Bonchev–Trinajstić information content (AvgIpc) is 2.89. The van der Waals surface area contributed by atoms with Crippen LogP contribution >= 0.6 is 0 Å². The van der Waals surface area contributed by atoms with Crippen LogP contribution in [-0.4, -0.2) is 10.9 Å². The number of carbonyl (C=O) groups excluding carboxylic acids is 1. The van der Waals surface area contributed by atoms with E-state index in [0.29, 0.717) is 6.54 Å². The Morgan fingerprint density at radius 1 is 1.29 bits per heavy atom. The predicted octanol–water partition coefficient (Wildman–Crippen LogP) is 2.43. The molecule has 2 rings (SSSR count). The number of benzene rings is 1. The van der Waals surface area contributed by atoms with Gasteiger partial charge in [-0.3, -0.25) is 4.79 Å². The van der Waals surface area contributed by atoms with Crippen LogP contribution in [0.5, 0.6) is 0 Å². The van der Waals surface area contributed by atoms with Gasteiger partial charge in [-0.05, 0) is 24.1 Å². The molecule has 1 aromatic carbocycles. The van der Waals surface area contributed by atoms with Crippen molar-refractivity contribution in [1.82, 2.24) is 10.3 Å². The van der Waals surface area contributed by atoms with Gasteiger partial charge in [0.1, 0.15) is 0 Å². The lowest BCUT2D eigenvalue weighted by Gasteiger charge is -2.11. The first-order valence-corrected chi connectivity index (χ1v) is 5.71. The predicted molar refractivity (Wildman–Crippen MR) is 67.5 cm³/mol. The Morgan fingerprint density at radius 2 is 2.06 bits per heavy atom. The quantitative estimate of drug-likeness (QED) is 0.829. The van der Waals surface area contributed by atoms with E-state index in [1.165, 1.54) is 0 Å². The van der Waals surface area contributed by atoms with Gasteiger partial charge in [0.25, 0.3) is 0 Å². The van der Waals surface area contributed by atoms with Gasteiger partial charge >= 0.3 is 0 Å². The summed E-state index contributed by atoms with van der Waals surface area (Å²) in [7, 11) is 0. The number of hydrogen-bond donors (Lipinski definition) is 2. The monoisotopic (exact) mass is 228 g/mol. The van der Waals surface area contributed by atoms with Crippen molar-refractivity contribution in [3.05, 3.63) is 59.9 Å². The van der Waals surface area contributed by atoms with E-state index in [-0.39, 0.29) is 11.8 Å². The topological polar surface area (TPSA) is 44.9 Å². The molecule has 0 fully saturated rings. The smallest absolute Gasteiger partial charge is 0.227 e. The van der Waals surface area contributed by atoms with Gasteiger partial charge in [0.15, 0.2) is 0 Å². The van der Waals surface area contributed by atoms with E-state index in [1.807, 2.05) is 55.7 Å². The number of hydrogen-bond acceptors (Lipinski definition) is 1. The second-order valence-corrected chi connectivity index (χ2v) is 4.07. The molecule has 88 valence electrons. The first kappa shape index (κ1) is 11.5. The highest BCUT2D eigenvalue weighted by molar-refractivity contribution is 5.83. The van der Waals surface area contributed by atoms with Crippen molar-refractivity contribution in [3.8, 4) is 0 Å². The third-order valence-corrected chi connectivity index (χ3v) is 2.82. The van der Waals surface area contributed by atoms with Gasteiger partial charge in [-0.1, -0.05) is 30.3 Å². The molecule has 1 atom stereocenters. The summed E-state index contributed by atoms with van der Waals surface area (Å²) in [5.74, 6) is -0.0625. The van der Waals surface area contributed by atoms with Crippen LogP contribution in [0, 0.1) is 0 Å². The fraction of sp³-hybridized carbons (Fsp3) is 0.214. The summed E-state index contributed by atoms with van der Waals surface area (Å²) < 4.78 is 0. The Kier molecular flexibility index (Phi) is 3.60. The number of aromatic amines is 1. The summed E-state index contributed by atoms with van der Waals surface area (Å²) in [4.78, 5) is 14.9. The van der Waals surface area contributed by atoms with Gasteiger partial charge in [-0.2, -0.15) is 0 Å². The van der Waals surface area contributed by atoms with Crippen molar-refractivity contribution in [1.29, 1.82) is 0 Å². The van der Waals surface area contributed by atoms with Gasteiger partial charge in [0.2, 0.25) is 5.91 Å². The molecule has 0 spiro atoms. The van der Waals surface area contributed by atoms with E-state index in [9.17, 15) is 4.79 Å². The first-order chi connectivity index (χ1) is 8.27. The van der Waals surface area contributed by atoms with Gasteiger partial charge in [0.05, 0.1) is 5.92 Å². The van der Waals surface area contributed by atoms with E-state index in [1.54, 1.807) is 0 Å². The van der Waals surface area contributed by atoms with Crippen LogP contribution in [0.4, 0.5) is 0 Å².